The number of carbonyl (C=O) groups is 1. The summed E-state index contributed by atoms with van der Waals surface area (Å²) in [5.74, 6) is -0.222. The number of anilines is 2. The van der Waals surface area contributed by atoms with Gasteiger partial charge in [0.2, 0.25) is 0 Å². The third-order valence-electron chi connectivity index (χ3n) is 6.99. The van der Waals surface area contributed by atoms with Crippen molar-refractivity contribution in [2.45, 2.75) is 37.6 Å². The van der Waals surface area contributed by atoms with Gasteiger partial charge in [-0.2, -0.15) is 0 Å². The van der Waals surface area contributed by atoms with Gasteiger partial charge in [-0.05, 0) is 73.8 Å². The number of hydrogen-bond donors (Lipinski definition) is 0. The maximum absolute atomic E-state index is 14.1. The number of piperidine rings is 1. The molecular formula is C25H30ClF2N3O2. The molecule has 0 aromatic heterocycles. The molecule has 178 valence electrons. The lowest BCUT2D eigenvalue weighted by molar-refractivity contribution is 0.157. The summed E-state index contributed by atoms with van der Waals surface area (Å²) >= 11 is 0. The van der Waals surface area contributed by atoms with Crippen molar-refractivity contribution >= 4 is 29.9 Å². The summed E-state index contributed by atoms with van der Waals surface area (Å²) in [5.41, 5.74) is 3.05. The van der Waals surface area contributed by atoms with Crippen LogP contribution in [0.5, 0.6) is 0 Å². The second-order valence-electron chi connectivity index (χ2n) is 8.97. The SMILES string of the molecule is Cl.O=C1OCCN1CCCCCN1CCC2C(C1)c1cc(F)ccc1N2c1ccc(F)cc1. The Morgan fingerprint density at radius 1 is 0.939 bits per heavy atom. The summed E-state index contributed by atoms with van der Waals surface area (Å²) in [6.45, 7) is 4.88. The highest BCUT2D eigenvalue weighted by Crippen LogP contribution is 2.48. The molecule has 0 radical (unpaired) electrons. The van der Waals surface area contributed by atoms with Crippen molar-refractivity contribution in [3.05, 3.63) is 59.7 Å². The first-order chi connectivity index (χ1) is 15.6. The van der Waals surface area contributed by atoms with Crippen molar-refractivity contribution in [1.29, 1.82) is 0 Å². The second kappa shape index (κ2) is 10.3. The Labute approximate surface area is 199 Å². The largest absolute Gasteiger partial charge is 0.448 e. The quantitative estimate of drug-likeness (QED) is 0.506. The Bertz CT molecular complexity index is 975. The molecule has 2 aromatic carbocycles. The van der Waals surface area contributed by atoms with Crippen LogP contribution in [0.4, 0.5) is 25.0 Å². The van der Waals surface area contributed by atoms with Crippen LogP contribution in [-0.4, -0.2) is 61.3 Å². The van der Waals surface area contributed by atoms with E-state index in [1.54, 1.807) is 11.0 Å². The molecule has 2 fully saturated rings. The predicted octanol–water partition coefficient (Wildman–Crippen LogP) is 5.32. The fourth-order valence-corrected chi connectivity index (χ4v) is 5.42. The molecule has 0 N–H and O–H groups in total. The van der Waals surface area contributed by atoms with Crippen molar-refractivity contribution in [3.8, 4) is 0 Å². The fourth-order valence-electron chi connectivity index (χ4n) is 5.42. The van der Waals surface area contributed by atoms with Crippen LogP contribution in [0, 0.1) is 11.6 Å². The van der Waals surface area contributed by atoms with Gasteiger partial charge in [0.25, 0.3) is 0 Å². The summed E-state index contributed by atoms with van der Waals surface area (Å²) in [6.07, 6.45) is 3.93. The van der Waals surface area contributed by atoms with Gasteiger partial charge >= 0.3 is 6.09 Å². The molecule has 8 heteroatoms. The summed E-state index contributed by atoms with van der Waals surface area (Å²) in [7, 11) is 0. The van der Waals surface area contributed by atoms with Crippen LogP contribution in [0.25, 0.3) is 0 Å². The van der Waals surface area contributed by atoms with E-state index in [4.69, 9.17) is 4.74 Å². The Balaban J connectivity index is 0.00000259. The molecule has 2 aromatic rings. The third-order valence-corrected chi connectivity index (χ3v) is 6.99. The molecule has 1 amide bonds. The molecule has 2 atom stereocenters. The van der Waals surface area contributed by atoms with E-state index in [0.717, 1.165) is 68.8 Å². The van der Waals surface area contributed by atoms with E-state index in [-0.39, 0.29) is 42.1 Å². The van der Waals surface area contributed by atoms with E-state index in [1.165, 1.54) is 18.2 Å². The van der Waals surface area contributed by atoms with Crippen molar-refractivity contribution < 1.29 is 18.3 Å². The average Bonchev–Trinajstić information content (AvgIpc) is 3.34. The molecule has 3 aliphatic heterocycles. The van der Waals surface area contributed by atoms with Gasteiger partial charge in [-0.1, -0.05) is 6.42 Å². The minimum absolute atomic E-state index is 0. The van der Waals surface area contributed by atoms with Crippen LogP contribution in [0.2, 0.25) is 0 Å². The minimum atomic E-state index is -0.250. The molecule has 2 saturated heterocycles. The zero-order valence-corrected chi connectivity index (χ0v) is 19.4. The topological polar surface area (TPSA) is 36.0 Å². The second-order valence-corrected chi connectivity index (χ2v) is 8.97. The van der Waals surface area contributed by atoms with Crippen LogP contribution in [0.3, 0.4) is 0 Å². The number of carbonyl (C=O) groups excluding carboxylic acids is 1. The normalized spacial score (nSPS) is 22.1. The highest BCUT2D eigenvalue weighted by molar-refractivity contribution is 5.85. The lowest BCUT2D eigenvalue weighted by atomic mass is 9.89. The molecule has 5 rings (SSSR count). The lowest BCUT2D eigenvalue weighted by Crippen LogP contribution is -2.45. The fraction of sp³-hybridized carbons (Fsp3) is 0.480. The van der Waals surface area contributed by atoms with Crippen molar-refractivity contribution in [1.82, 2.24) is 9.80 Å². The Morgan fingerprint density at radius 2 is 1.70 bits per heavy atom. The maximum atomic E-state index is 14.1. The number of rotatable bonds is 7. The van der Waals surface area contributed by atoms with E-state index in [1.807, 2.05) is 18.2 Å². The van der Waals surface area contributed by atoms with Gasteiger partial charge in [-0.15, -0.1) is 12.4 Å². The standard InChI is InChI=1S/C25H29F2N3O2.ClH/c26-18-4-7-20(8-5-18)30-23-9-6-19(27)16-21(23)22-17-28(13-10-24(22)30)11-2-1-3-12-29-14-15-32-25(29)31;/h4-9,16,22,24H,1-3,10-15,17H2;1H. The van der Waals surface area contributed by atoms with Gasteiger partial charge in [-0.3, -0.25) is 0 Å². The number of halogens is 3. The Kier molecular flexibility index (Phi) is 7.39. The van der Waals surface area contributed by atoms with Gasteiger partial charge in [0.15, 0.2) is 0 Å². The number of fused-ring (bicyclic) bond motifs is 3. The van der Waals surface area contributed by atoms with Crippen LogP contribution < -0.4 is 4.90 Å². The number of unbranched alkanes of at least 4 members (excludes halogenated alkanes) is 2. The average molecular weight is 478 g/mol. The molecule has 2 unspecified atom stereocenters. The predicted molar refractivity (Wildman–Crippen MR) is 127 cm³/mol. The zero-order valence-electron chi connectivity index (χ0n) is 18.6. The van der Waals surface area contributed by atoms with Gasteiger partial charge in [-0.25, -0.2) is 13.6 Å². The van der Waals surface area contributed by atoms with Crippen molar-refractivity contribution in [2.24, 2.45) is 0 Å². The molecule has 5 nitrogen and oxygen atoms in total. The zero-order chi connectivity index (χ0) is 22.1. The first kappa shape index (κ1) is 23.8. The van der Waals surface area contributed by atoms with E-state index in [0.29, 0.717) is 13.2 Å². The smallest absolute Gasteiger partial charge is 0.409 e. The molecule has 3 heterocycles. The summed E-state index contributed by atoms with van der Waals surface area (Å²) < 4.78 is 32.6. The lowest BCUT2D eigenvalue weighted by Gasteiger charge is -2.39. The van der Waals surface area contributed by atoms with E-state index in [9.17, 15) is 13.6 Å². The number of cyclic esters (lactones) is 1. The summed E-state index contributed by atoms with van der Waals surface area (Å²) in [5, 5.41) is 0. The maximum Gasteiger partial charge on any atom is 0.409 e. The molecule has 33 heavy (non-hydrogen) atoms. The minimum Gasteiger partial charge on any atom is -0.448 e. The number of nitrogens with zero attached hydrogens (tertiary/aromatic N) is 3. The van der Waals surface area contributed by atoms with Crippen molar-refractivity contribution in [2.75, 3.05) is 44.2 Å². The first-order valence-corrected chi connectivity index (χ1v) is 11.6. The van der Waals surface area contributed by atoms with Crippen LogP contribution >= 0.6 is 12.4 Å². The summed E-state index contributed by atoms with van der Waals surface area (Å²) in [4.78, 5) is 18.0. The highest BCUT2D eigenvalue weighted by atomic mass is 35.5. The van der Waals surface area contributed by atoms with E-state index >= 15 is 0 Å². The van der Waals surface area contributed by atoms with Crippen molar-refractivity contribution in [3.63, 3.8) is 0 Å². The number of likely N-dealkylation sites (tertiary alicyclic amines) is 1. The number of ether oxygens (including phenoxy) is 1. The van der Waals surface area contributed by atoms with Gasteiger partial charge < -0.3 is 19.4 Å². The molecule has 0 saturated carbocycles. The molecule has 3 aliphatic rings. The number of hydrogen-bond acceptors (Lipinski definition) is 4. The molecular weight excluding hydrogens is 448 g/mol. The van der Waals surface area contributed by atoms with Gasteiger partial charge in [0.1, 0.15) is 18.2 Å². The van der Waals surface area contributed by atoms with Gasteiger partial charge in [0, 0.05) is 43.0 Å². The Hall–Kier alpha value is -2.38. The number of amides is 1. The number of benzene rings is 2. The van der Waals surface area contributed by atoms with Crippen LogP contribution in [-0.2, 0) is 4.74 Å². The molecule has 0 spiro atoms. The van der Waals surface area contributed by atoms with E-state index < -0.39 is 0 Å². The first-order valence-electron chi connectivity index (χ1n) is 11.6. The Morgan fingerprint density at radius 3 is 2.45 bits per heavy atom. The van der Waals surface area contributed by atoms with Gasteiger partial charge in [0.05, 0.1) is 6.54 Å². The van der Waals surface area contributed by atoms with Crippen LogP contribution in [0.1, 0.15) is 37.2 Å². The highest BCUT2D eigenvalue weighted by Gasteiger charge is 2.42. The van der Waals surface area contributed by atoms with E-state index in [2.05, 4.69) is 9.80 Å². The molecule has 0 bridgehead atoms. The monoisotopic (exact) mass is 477 g/mol. The summed E-state index contributed by atoms with van der Waals surface area (Å²) in [6, 6.07) is 11.9. The molecule has 0 aliphatic carbocycles. The van der Waals surface area contributed by atoms with Crippen LogP contribution in [0.15, 0.2) is 42.5 Å². The third kappa shape index (κ3) is 4.94.